The minimum atomic E-state index is 0.0598. The first-order chi connectivity index (χ1) is 11.4. The lowest BCUT2D eigenvalue weighted by molar-refractivity contribution is -0.131. The number of nitrogens with one attached hydrogen (secondary N) is 1. The van der Waals surface area contributed by atoms with Gasteiger partial charge in [0.1, 0.15) is 0 Å². The molecule has 0 radical (unpaired) electrons. The van der Waals surface area contributed by atoms with Crippen LogP contribution in [0.4, 0.5) is 0 Å². The lowest BCUT2D eigenvalue weighted by atomic mass is 10.1. The van der Waals surface area contributed by atoms with Crippen LogP contribution in [0.25, 0.3) is 0 Å². The van der Waals surface area contributed by atoms with E-state index in [1.54, 1.807) is 11.8 Å². The Morgan fingerprint density at radius 1 is 1.33 bits per heavy atom. The Balaban J connectivity index is 1.90. The molecule has 1 unspecified atom stereocenters. The van der Waals surface area contributed by atoms with Gasteiger partial charge in [-0.05, 0) is 49.9 Å². The van der Waals surface area contributed by atoms with Crippen molar-refractivity contribution in [3.63, 3.8) is 0 Å². The summed E-state index contributed by atoms with van der Waals surface area (Å²) in [7, 11) is 0. The zero-order valence-electron chi connectivity index (χ0n) is 14.5. The third-order valence-corrected chi connectivity index (χ3v) is 6.26. The number of rotatable bonds is 5. The first-order valence-corrected chi connectivity index (χ1v) is 10.1. The molecule has 1 heterocycles. The Morgan fingerprint density at radius 3 is 2.79 bits per heavy atom. The van der Waals surface area contributed by atoms with E-state index >= 15 is 0 Å². The minimum Gasteiger partial charge on any atom is -0.352 e. The molecule has 0 saturated carbocycles. The molecule has 1 aliphatic heterocycles. The van der Waals surface area contributed by atoms with E-state index in [2.05, 4.69) is 47.2 Å². The van der Waals surface area contributed by atoms with Gasteiger partial charge in [0.2, 0.25) is 11.8 Å². The average molecular weight is 413 g/mol. The van der Waals surface area contributed by atoms with Crippen molar-refractivity contribution in [2.45, 2.75) is 51.0 Å². The summed E-state index contributed by atoms with van der Waals surface area (Å²) in [6.07, 6.45) is 2.39. The molecule has 0 aromatic heterocycles. The highest BCUT2D eigenvalue weighted by atomic mass is 79.9. The molecule has 1 fully saturated rings. The number of aryl methyl sites for hydroxylation is 2. The van der Waals surface area contributed by atoms with Crippen molar-refractivity contribution in [1.82, 2.24) is 10.2 Å². The van der Waals surface area contributed by atoms with Gasteiger partial charge >= 0.3 is 0 Å². The molecule has 1 aromatic carbocycles. The summed E-state index contributed by atoms with van der Waals surface area (Å²) in [5, 5.41) is 3.01. The highest BCUT2D eigenvalue weighted by Gasteiger charge is 2.24. The first kappa shape index (κ1) is 19.3. The normalized spacial score (nSPS) is 17.7. The first-order valence-electron chi connectivity index (χ1n) is 8.37. The van der Waals surface area contributed by atoms with Crippen molar-refractivity contribution in [3.05, 3.63) is 27.7 Å². The number of piperidine rings is 1. The molecule has 2 amide bonds. The standard InChI is InChI=1S/C18H25BrN2O2S/c1-4-17(22)20-14-6-5-7-21(10-14)18(23)11-24-16-9-12(2)15(19)8-13(16)3/h8-9,14H,4-7,10-11H2,1-3H3,(H,20,22). The molecule has 1 N–H and O–H groups in total. The Labute approximate surface area is 156 Å². The molecule has 132 valence electrons. The Kier molecular flexibility index (Phi) is 7.16. The molecule has 0 aliphatic carbocycles. The third kappa shape index (κ3) is 5.24. The molecule has 24 heavy (non-hydrogen) atoms. The van der Waals surface area contributed by atoms with Gasteiger partial charge < -0.3 is 10.2 Å². The maximum Gasteiger partial charge on any atom is 0.233 e. The second-order valence-corrected chi connectivity index (χ2v) is 8.13. The van der Waals surface area contributed by atoms with Crippen LogP contribution in [0.5, 0.6) is 0 Å². The van der Waals surface area contributed by atoms with Crippen LogP contribution in [-0.2, 0) is 9.59 Å². The molecule has 0 spiro atoms. The van der Waals surface area contributed by atoms with E-state index in [0.29, 0.717) is 18.7 Å². The van der Waals surface area contributed by atoms with Gasteiger partial charge in [0.25, 0.3) is 0 Å². The van der Waals surface area contributed by atoms with Gasteiger partial charge in [0, 0.05) is 34.9 Å². The largest absolute Gasteiger partial charge is 0.352 e. The second-order valence-electron chi connectivity index (χ2n) is 6.26. The van der Waals surface area contributed by atoms with Crippen molar-refractivity contribution in [2.75, 3.05) is 18.8 Å². The molecule has 6 heteroatoms. The number of carbonyl (C=O) groups excluding carboxylic acids is 2. The van der Waals surface area contributed by atoms with Crippen molar-refractivity contribution < 1.29 is 9.59 Å². The van der Waals surface area contributed by atoms with Crippen LogP contribution in [0.3, 0.4) is 0 Å². The molecule has 1 aromatic rings. The molecule has 1 atom stereocenters. The van der Waals surface area contributed by atoms with E-state index < -0.39 is 0 Å². The number of amides is 2. The van der Waals surface area contributed by atoms with Gasteiger partial charge in [0.05, 0.1) is 5.75 Å². The number of hydrogen-bond acceptors (Lipinski definition) is 3. The van der Waals surface area contributed by atoms with Gasteiger partial charge in [-0.25, -0.2) is 0 Å². The van der Waals surface area contributed by atoms with E-state index in [1.165, 1.54) is 11.1 Å². The molecule has 1 saturated heterocycles. The highest BCUT2D eigenvalue weighted by molar-refractivity contribution is 9.10. The number of likely N-dealkylation sites (tertiary alicyclic amines) is 1. The van der Waals surface area contributed by atoms with Crippen molar-refractivity contribution in [2.24, 2.45) is 0 Å². The van der Waals surface area contributed by atoms with Gasteiger partial charge in [0.15, 0.2) is 0 Å². The van der Waals surface area contributed by atoms with Gasteiger partial charge in [-0.1, -0.05) is 22.9 Å². The second kappa shape index (κ2) is 8.90. The molecule has 0 bridgehead atoms. The van der Waals surface area contributed by atoms with Crippen LogP contribution >= 0.6 is 27.7 Å². The topological polar surface area (TPSA) is 49.4 Å². The SMILES string of the molecule is CCC(=O)NC1CCCN(C(=O)CSc2cc(C)c(Br)cc2C)C1. The van der Waals surface area contributed by atoms with Gasteiger partial charge in [-0.2, -0.15) is 0 Å². The van der Waals surface area contributed by atoms with E-state index in [4.69, 9.17) is 0 Å². The molecular weight excluding hydrogens is 388 g/mol. The molecule has 1 aliphatic rings. The summed E-state index contributed by atoms with van der Waals surface area (Å²) in [5.74, 6) is 0.649. The van der Waals surface area contributed by atoms with Crippen LogP contribution in [-0.4, -0.2) is 41.6 Å². The monoisotopic (exact) mass is 412 g/mol. The molecule has 2 rings (SSSR count). The van der Waals surface area contributed by atoms with Crippen molar-refractivity contribution in [1.29, 1.82) is 0 Å². The summed E-state index contributed by atoms with van der Waals surface area (Å²) >= 11 is 5.13. The van der Waals surface area contributed by atoms with Crippen LogP contribution in [0, 0.1) is 13.8 Å². The number of halogens is 1. The lowest BCUT2D eigenvalue weighted by Gasteiger charge is -2.33. The summed E-state index contributed by atoms with van der Waals surface area (Å²) in [6, 6.07) is 4.31. The van der Waals surface area contributed by atoms with E-state index in [0.717, 1.165) is 28.8 Å². The predicted molar refractivity (Wildman–Crippen MR) is 102 cm³/mol. The predicted octanol–water partition coefficient (Wildman–Crippen LogP) is 3.68. The summed E-state index contributed by atoms with van der Waals surface area (Å²) < 4.78 is 1.10. The summed E-state index contributed by atoms with van der Waals surface area (Å²) in [5.41, 5.74) is 2.35. The van der Waals surface area contributed by atoms with Crippen LogP contribution in [0.1, 0.15) is 37.3 Å². The fraction of sp³-hybridized carbons (Fsp3) is 0.556. The Bertz CT molecular complexity index is 621. The summed E-state index contributed by atoms with van der Waals surface area (Å²) in [6.45, 7) is 7.38. The van der Waals surface area contributed by atoms with E-state index in [9.17, 15) is 9.59 Å². The van der Waals surface area contributed by atoms with Crippen LogP contribution in [0.15, 0.2) is 21.5 Å². The number of nitrogens with zero attached hydrogens (tertiary/aromatic N) is 1. The average Bonchev–Trinajstić information content (AvgIpc) is 2.56. The van der Waals surface area contributed by atoms with E-state index in [-0.39, 0.29) is 17.9 Å². The number of thioether (sulfide) groups is 1. The maximum absolute atomic E-state index is 12.5. The molecule has 4 nitrogen and oxygen atoms in total. The fourth-order valence-electron chi connectivity index (χ4n) is 2.79. The van der Waals surface area contributed by atoms with Crippen LogP contribution in [0.2, 0.25) is 0 Å². The van der Waals surface area contributed by atoms with Gasteiger partial charge in [-0.3, -0.25) is 9.59 Å². The lowest BCUT2D eigenvalue weighted by Crippen LogP contribution is -2.50. The quantitative estimate of drug-likeness (QED) is 0.750. The molecular formula is C18H25BrN2O2S. The van der Waals surface area contributed by atoms with Crippen molar-refractivity contribution >= 4 is 39.5 Å². The van der Waals surface area contributed by atoms with Gasteiger partial charge in [-0.15, -0.1) is 11.8 Å². The fourth-order valence-corrected chi connectivity index (χ4v) is 4.26. The Hall–Kier alpha value is -1.01. The maximum atomic E-state index is 12.5. The Morgan fingerprint density at radius 2 is 2.08 bits per heavy atom. The van der Waals surface area contributed by atoms with Crippen LogP contribution < -0.4 is 5.32 Å². The smallest absolute Gasteiger partial charge is 0.233 e. The zero-order chi connectivity index (χ0) is 17.7. The third-order valence-electron chi connectivity index (χ3n) is 4.27. The number of hydrogen-bond donors (Lipinski definition) is 1. The highest BCUT2D eigenvalue weighted by Crippen LogP contribution is 2.28. The zero-order valence-corrected chi connectivity index (χ0v) is 16.9. The number of benzene rings is 1. The number of carbonyl (C=O) groups is 2. The van der Waals surface area contributed by atoms with Crippen molar-refractivity contribution in [3.8, 4) is 0 Å². The summed E-state index contributed by atoms with van der Waals surface area (Å²) in [4.78, 5) is 27.1. The minimum absolute atomic E-state index is 0.0598. The van der Waals surface area contributed by atoms with E-state index in [1.807, 2.05) is 11.8 Å².